The maximum Gasteiger partial charge on any atom is 0.307 e. The molecule has 1 heterocycles. The average Bonchev–Trinajstić information content (AvgIpc) is 2.90. The van der Waals surface area contributed by atoms with E-state index in [4.69, 9.17) is 5.73 Å². The fraction of sp³-hybridized carbons (Fsp3) is 0.500. The summed E-state index contributed by atoms with van der Waals surface area (Å²) < 4.78 is 0. The van der Waals surface area contributed by atoms with Crippen molar-refractivity contribution in [1.29, 1.82) is 0 Å². The van der Waals surface area contributed by atoms with E-state index < -0.39 is 23.7 Å². The molecule has 4 N–H and O–H groups in total. The van der Waals surface area contributed by atoms with Crippen LogP contribution in [0, 0.1) is 30.6 Å². The molecule has 2 bridgehead atoms. The van der Waals surface area contributed by atoms with Crippen molar-refractivity contribution < 1.29 is 19.5 Å². The van der Waals surface area contributed by atoms with Gasteiger partial charge in [0.1, 0.15) is 5.00 Å². The molecule has 7 heteroatoms. The molecule has 0 aliphatic heterocycles. The van der Waals surface area contributed by atoms with Crippen molar-refractivity contribution in [3.8, 4) is 0 Å². The summed E-state index contributed by atoms with van der Waals surface area (Å²) in [4.78, 5) is 37.4. The van der Waals surface area contributed by atoms with Gasteiger partial charge in [0.15, 0.2) is 0 Å². The number of hydrogen-bond acceptors (Lipinski definition) is 4. The van der Waals surface area contributed by atoms with Gasteiger partial charge in [-0.05, 0) is 43.6 Å². The van der Waals surface area contributed by atoms with Crippen molar-refractivity contribution in [2.45, 2.75) is 33.1 Å². The fourth-order valence-electron chi connectivity index (χ4n) is 4.24. The molecule has 4 rings (SSSR count). The van der Waals surface area contributed by atoms with E-state index in [9.17, 15) is 19.5 Å². The molecule has 0 unspecified atom stereocenters. The Balaban J connectivity index is 1.91. The number of primary amides is 1. The predicted octanol–water partition coefficient (Wildman–Crippen LogP) is 2.57. The number of anilines is 1. The van der Waals surface area contributed by atoms with Crippen LogP contribution in [0.3, 0.4) is 0 Å². The molecule has 1 fully saturated rings. The van der Waals surface area contributed by atoms with Crippen LogP contribution in [0.25, 0.3) is 0 Å². The normalized spacial score (nSPS) is 27.3. The van der Waals surface area contributed by atoms with Gasteiger partial charge in [0.25, 0.3) is 5.91 Å². The Morgan fingerprint density at radius 1 is 1.24 bits per heavy atom. The number of allylic oxidation sites excluding steroid dienone is 2. The zero-order valence-corrected chi connectivity index (χ0v) is 15.1. The minimum atomic E-state index is -0.939. The van der Waals surface area contributed by atoms with Gasteiger partial charge in [0, 0.05) is 4.88 Å². The lowest BCUT2D eigenvalue weighted by Crippen LogP contribution is -2.47. The third kappa shape index (κ3) is 2.97. The summed E-state index contributed by atoms with van der Waals surface area (Å²) in [6.45, 7) is 3.81. The lowest BCUT2D eigenvalue weighted by molar-refractivity contribution is -0.151. The summed E-state index contributed by atoms with van der Waals surface area (Å²) in [5.41, 5.74) is 6.69. The Hall–Kier alpha value is -2.15. The van der Waals surface area contributed by atoms with Gasteiger partial charge < -0.3 is 16.2 Å². The number of nitrogens with one attached hydrogen (secondary N) is 1. The molecule has 0 spiro atoms. The lowest BCUT2D eigenvalue weighted by atomic mass is 9.62. The number of carboxylic acids is 1. The first-order chi connectivity index (χ1) is 11.8. The van der Waals surface area contributed by atoms with Gasteiger partial charge in [-0.15, -0.1) is 11.3 Å². The van der Waals surface area contributed by atoms with E-state index in [2.05, 4.69) is 5.32 Å². The number of aliphatic carboxylic acids is 1. The van der Waals surface area contributed by atoms with Gasteiger partial charge in [-0.1, -0.05) is 19.1 Å². The number of carbonyl (C=O) groups excluding carboxylic acids is 2. The van der Waals surface area contributed by atoms with Crippen LogP contribution in [0.5, 0.6) is 0 Å². The van der Waals surface area contributed by atoms with Crippen molar-refractivity contribution in [2.75, 3.05) is 5.32 Å². The molecule has 0 aromatic carbocycles. The second kappa shape index (κ2) is 6.63. The van der Waals surface area contributed by atoms with Crippen molar-refractivity contribution in [3.63, 3.8) is 0 Å². The third-order valence-electron chi connectivity index (χ3n) is 5.38. The predicted molar refractivity (Wildman–Crippen MR) is 95.6 cm³/mol. The van der Waals surface area contributed by atoms with Gasteiger partial charge in [-0.25, -0.2) is 0 Å². The quantitative estimate of drug-likeness (QED) is 0.699. The summed E-state index contributed by atoms with van der Waals surface area (Å²) in [5.74, 6) is -3.36. The number of carboxylic acid groups (broad SMARTS) is 1. The number of aryl methyl sites for hydroxylation is 1. The van der Waals surface area contributed by atoms with Crippen LogP contribution in [0.4, 0.5) is 5.00 Å². The highest BCUT2D eigenvalue weighted by molar-refractivity contribution is 7.16. The number of nitrogens with two attached hydrogens (primary N) is 1. The first-order valence-electron chi connectivity index (χ1n) is 8.49. The van der Waals surface area contributed by atoms with E-state index >= 15 is 0 Å². The highest BCUT2D eigenvalue weighted by Gasteiger charge is 2.48. The van der Waals surface area contributed by atoms with Crippen LogP contribution in [0.1, 0.15) is 40.6 Å². The van der Waals surface area contributed by atoms with Gasteiger partial charge >= 0.3 is 5.97 Å². The van der Waals surface area contributed by atoms with Crippen LogP contribution >= 0.6 is 11.3 Å². The van der Waals surface area contributed by atoms with E-state index in [0.29, 0.717) is 17.0 Å². The molecule has 4 atom stereocenters. The van der Waals surface area contributed by atoms with E-state index in [1.54, 1.807) is 0 Å². The average molecular weight is 362 g/mol. The standard InChI is InChI=1S/C18H22N2O4S/c1-3-11-8(2)25-17(14(11)15(19)21)20-16(22)12-9-4-6-10(7-5-9)13(12)18(23)24/h4,6,9-10,12-13H,3,5,7H2,1-2H3,(H2,19,21)(H,20,22)(H,23,24)/t9-,10-,12-,13-/m0/s1. The number of fused-ring (bicyclic) bond motifs is 2. The number of rotatable bonds is 5. The van der Waals surface area contributed by atoms with Crippen molar-refractivity contribution in [3.05, 3.63) is 28.2 Å². The van der Waals surface area contributed by atoms with Crippen LogP contribution in [-0.2, 0) is 16.0 Å². The summed E-state index contributed by atoms with van der Waals surface area (Å²) in [6.07, 6.45) is 6.15. The zero-order valence-electron chi connectivity index (χ0n) is 14.2. The van der Waals surface area contributed by atoms with Crippen molar-refractivity contribution >= 4 is 34.1 Å². The SMILES string of the molecule is CCc1c(C)sc(NC(=O)[C@@H]2[C@@H](C(=O)O)[C@H]3C=C[C@H]2CC3)c1C(N)=O. The van der Waals surface area contributed by atoms with Crippen LogP contribution in [0.2, 0.25) is 0 Å². The van der Waals surface area contributed by atoms with E-state index in [-0.39, 0.29) is 17.7 Å². The van der Waals surface area contributed by atoms with Crippen LogP contribution in [0.15, 0.2) is 12.2 Å². The van der Waals surface area contributed by atoms with Gasteiger partial charge in [0.2, 0.25) is 5.91 Å². The third-order valence-corrected chi connectivity index (χ3v) is 6.44. The summed E-state index contributed by atoms with van der Waals surface area (Å²) in [7, 11) is 0. The molecule has 0 saturated heterocycles. The molecule has 6 nitrogen and oxygen atoms in total. The Bertz CT molecular complexity index is 767. The van der Waals surface area contributed by atoms with E-state index in [1.807, 2.05) is 26.0 Å². The van der Waals surface area contributed by atoms with E-state index in [0.717, 1.165) is 23.3 Å². The van der Waals surface area contributed by atoms with Gasteiger partial charge in [-0.2, -0.15) is 0 Å². The molecule has 25 heavy (non-hydrogen) atoms. The molecular formula is C18H22N2O4S. The fourth-order valence-corrected chi connectivity index (χ4v) is 5.39. The minimum Gasteiger partial charge on any atom is -0.481 e. The van der Waals surface area contributed by atoms with Crippen LogP contribution < -0.4 is 11.1 Å². The first kappa shape index (κ1) is 17.7. The van der Waals surface area contributed by atoms with Gasteiger partial charge in [-0.3, -0.25) is 14.4 Å². The summed E-state index contributed by atoms with van der Waals surface area (Å²) in [5, 5.41) is 12.8. The Kier molecular flexibility index (Phi) is 4.69. The molecule has 1 saturated carbocycles. The molecule has 2 amide bonds. The second-order valence-corrected chi connectivity index (χ2v) is 7.95. The molecule has 1 aromatic heterocycles. The van der Waals surface area contributed by atoms with Crippen LogP contribution in [-0.4, -0.2) is 22.9 Å². The Morgan fingerprint density at radius 2 is 1.84 bits per heavy atom. The number of amides is 2. The smallest absolute Gasteiger partial charge is 0.307 e. The molecule has 134 valence electrons. The minimum absolute atomic E-state index is 0.0742. The highest BCUT2D eigenvalue weighted by atomic mass is 32.1. The van der Waals surface area contributed by atoms with Crippen molar-refractivity contribution in [1.82, 2.24) is 0 Å². The molecule has 0 radical (unpaired) electrons. The summed E-state index contributed by atoms with van der Waals surface area (Å²) in [6, 6.07) is 0. The number of thiophene rings is 1. The Morgan fingerprint density at radius 3 is 2.32 bits per heavy atom. The first-order valence-corrected chi connectivity index (χ1v) is 9.30. The van der Waals surface area contributed by atoms with Gasteiger partial charge in [0.05, 0.1) is 17.4 Å². The summed E-state index contributed by atoms with van der Waals surface area (Å²) >= 11 is 1.32. The number of hydrogen-bond donors (Lipinski definition) is 3. The number of carbonyl (C=O) groups is 3. The Labute approximate surface area is 150 Å². The maximum absolute atomic E-state index is 12.9. The lowest BCUT2D eigenvalue weighted by Gasteiger charge is -2.41. The topological polar surface area (TPSA) is 109 Å². The second-order valence-electron chi connectivity index (χ2n) is 6.73. The monoisotopic (exact) mass is 362 g/mol. The molecule has 3 aliphatic rings. The zero-order chi connectivity index (χ0) is 18.3. The van der Waals surface area contributed by atoms with Crippen molar-refractivity contribution in [2.24, 2.45) is 29.4 Å². The molecule has 1 aromatic rings. The molecular weight excluding hydrogens is 340 g/mol. The maximum atomic E-state index is 12.9. The molecule has 3 aliphatic carbocycles. The highest BCUT2D eigenvalue weighted by Crippen LogP contribution is 2.46. The largest absolute Gasteiger partial charge is 0.481 e. The van der Waals surface area contributed by atoms with E-state index in [1.165, 1.54) is 11.3 Å².